The van der Waals surface area contributed by atoms with Gasteiger partial charge < -0.3 is 15.0 Å². The van der Waals surface area contributed by atoms with Crippen LogP contribution in [0.3, 0.4) is 0 Å². The number of aryl methyl sites for hydroxylation is 1. The van der Waals surface area contributed by atoms with Gasteiger partial charge >= 0.3 is 0 Å². The lowest BCUT2D eigenvalue weighted by molar-refractivity contribution is 0.182. The maximum atomic E-state index is 13.5. The van der Waals surface area contributed by atoms with Gasteiger partial charge in [-0.15, -0.1) is 0 Å². The molecule has 0 spiro atoms. The van der Waals surface area contributed by atoms with Crippen LogP contribution in [0.25, 0.3) is 0 Å². The summed E-state index contributed by atoms with van der Waals surface area (Å²) in [5, 5.41) is 3.19. The van der Waals surface area contributed by atoms with Gasteiger partial charge in [-0.2, -0.15) is 0 Å². The second-order valence-corrected chi connectivity index (χ2v) is 6.15. The Morgan fingerprint density at radius 3 is 2.69 bits per heavy atom. The largest absolute Gasteiger partial charge is 0.378 e. The zero-order valence-electron chi connectivity index (χ0n) is 14.2. The van der Waals surface area contributed by atoms with E-state index in [0.29, 0.717) is 23.8 Å². The molecule has 0 fully saturated rings. The molecule has 26 heavy (non-hydrogen) atoms. The molecule has 1 aromatic carbocycles. The summed E-state index contributed by atoms with van der Waals surface area (Å²) < 4.78 is 32.1. The van der Waals surface area contributed by atoms with E-state index in [9.17, 15) is 8.78 Å². The Balaban J connectivity index is 1.99. The summed E-state index contributed by atoms with van der Waals surface area (Å²) in [4.78, 5) is 11.7. The fourth-order valence-corrected chi connectivity index (χ4v) is 2.71. The highest BCUT2D eigenvalue weighted by molar-refractivity contribution is 6.30. The minimum atomic E-state index is -0.510. The number of aromatic nitrogens is 3. The number of pyridine rings is 1. The maximum absolute atomic E-state index is 13.5. The fourth-order valence-electron chi connectivity index (χ4n) is 2.53. The second-order valence-electron chi connectivity index (χ2n) is 5.74. The van der Waals surface area contributed by atoms with Gasteiger partial charge in [-0.05, 0) is 36.8 Å². The van der Waals surface area contributed by atoms with Gasteiger partial charge in [-0.25, -0.2) is 18.7 Å². The first kappa shape index (κ1) is 18.3. The van der Waals surface area contributed by atoms with E-state index in [1.54, 1.807) is 26.3 Å². The van der Waals surface area contributed by atoms with Crippen LogP contribution in [0.2, 0.25) is 5.02 Å². The molecule has 3 rings (SSSR count). The number of nitrogens with one attached hydrogen (secondary N) is 2. The molecule has 1 atom stereocenters. The number of hydrogen-bond donors (Lipinski definition) is 2. The van der Waals surface area contributed by atoms with Crippen molar-refractivity contribution in [3.05, 3.63) is 76.0 Å². The maximum Gasteiger partial charge on any atom is 0.144 e. The summed E-state index contributed by atoms with van der Waals surface area (Å²) in [6.45, 7) is 1.95. The number of anilines is 1. The molecular formula is C18H17ClF2N4O. The van der Waals surface area contributed by atoms with Crippen LogP contribution >= 0.6 is 11.6 Å². The van der Waals surface area contributed by atoms with Gasteiger partial charge in [0.2, 0.25) is 0 Å². The fraction of sp³-hybridized carbons (Fsp3) is 0.222. The highest BCUT2D eigenvalue weighted by Crippen LogP contribution is 2.28. The van der Waals surface area contributed by atoms with Gasteiger partial charge in [0.15, 0.2) is 0 Å². The zero-order chi connectivity index (χ0) is 18.7. The van der Waals surface area contributed by atoms with Crippen molar-refractivity contribution in [1.82, 2.24) is 15.0 Å². The van der Waals surface area contributed by atoms with Crippen LogP contribution < -0.4 is 5.32 Å². The van der Waals surface area contributed by atoms with E-state index in [4.69, 9.17) is 16.3 Å². The Kier molecular flexibility index (Phi) is 5.49. The van der Waals surface area contributed by atoms with Crippen LogP contribution in [0.15, 0.2) is 36.5 Å². The predicted molar refractivity (Wildman–Crippen MR) is 95.1 cm³/mol. The number of H-pyrrole nitrogens is 1. The number of halogens is 3. The van der Waals surface area contributed by atoms with Crippen LogP contribution in [0.5, 0.6) is 0 Å². The van der Waals surface area contributed by atoms with Gasteiger partial charge in [0.1, 0.15) is 29.3 Å². The molecule has 8 heteroatoms. The molecule has 0 saturated carbocycles. The highest BCUT2D eigenvalue weighted by atomic mass is 35.5. The topological polar surface area (TPSA) is 62.8 Å². The van der Waals surface area contributed by atoms with Gasteiger partial charge in [0.25, 0.3) is 0 Å². The van der Waals surface area contributed by atoms with Crippen LogP contribution in [0.1, 0.15) is 28.8 Å². The summed E-state index contributed by atoms with van der Waals surface area (Å²) in [7, 11) is 1.58. The molecule has 0 aliphatic carbocycles. The van der Waals surface area contributed by atoms with Gasteiger partial charge in [0, 0.05) is 7.11 Å². The lowest BCUT2D eigenvalue weighted by atomic mass is 10.1. The Bertz CT molecular complexity index is 916. The highest BCUT2D eigenvalue weighted by Gasteiger charge is 2.20. The van der Waals surface area contributed by atoms with Crippen molar-refractivity contribution >= 4 is 17.4 Å². The van der Waals surface area contributed by atoms with Crippen LogP contribution in [0, 0.1) is 18.6 Å². The number of rotatable bonds is 6. The van der Waals surface area contributed by atoms with E-state index in [1.807, 2.05) is 0 Å². The van der Waals surface area contributed by atoms with Crippen LogP contribution in [-0.2, 0) is 11.3 Å². The van der Waals surface area contributed by atoms with Crippen molar-refractivity contribution in [2.24, 2.45) is 0 Å². The van der Waals surface area contributed by atoms with Crippen molar-refractivity contribution in [3.8, 4) is 0 Å². The van der Waals surface area contributed by atoms with Crippen LogP contribution in [0.4, 0.5) is 14.6 Å². The first-order valence-electron chi connectivity index (χ1n) is 7.85. The van der Waals surface area contributed by atoms with E-state index in [0.717, 1.165) is 5.69 Å². The summed E-state index contributed by atoms with van der Waals surface area (Å²) in [5.41, 5.74) is 1.73. The number of benzene rings is 1. The molecule has 2 heterocycles. The Morgan fingerprint density at radius 1 is 1.23 bits per heavy atom. The molecule has 5 nitrogen and oxygen atoms in total. The van der Waals surface area contributed by atoms with E-state index >= 15 is 0 Å². The van der Waals surface area contributed by atoms with E-state index < -0.39 is 17.7 Å². The molecule has 0 amide bonds. The first-order chi connectivity index (χ1) is 12.5. The molecule has 0 aliphatic rings. The molecule has 2 N–H and O–H groups in total. The van der Waals surface area contributed by atoms with E-state index in [1.165, 1.54) is 24.3 Å². The van der Waals surface area contributed by atoms with Crippen LogP contribution in [-0.4, -0.2) is 22.1 Å². The number of nitrogens with zero attached hydrogens (tertiary/aromatic N) is 2. The summed E-state index contributed by atoms with van der Waals surface area (Å²) in [6.07, 6.45) is 1.65. The average molecular weight is 379 g/mol. The van der Waals surface area contributed by atoms with Crippen molar-refractivity contribution in [2.45, 2.75) is 19.6 Å². The molecule has 0 radical (unpaired) electrons. The van der Waals surface area contributed by atoms with E-state index in [2.05, 4.69) is 20.3 Å². The van der Waals surface area contributed by atoms with Crippen molar-refractivity contribution in [3.63, 3.8) is 0 Å². The van der Waals surface area contributed by atoms with Crippen molar-refractivity contribution < 1.29 is 13.5 Å². The average Bonchev–Trinajstić information content (AvgIpc) is 3.07. The van der Waals surface area contributed by atoms with Gasteiger partial charge in [0.05, 0.1) is 29.2 Å². The third kappa shape index (κ3) is 4.00. The van der Waals surface area contributed by atoms with Crippen molar-refractivity contribution in [1.29, 1.82) is 0 Å². The lowest BCUT2D eigenvalue weighted by Crippen LogP contribution is -2.15. The number of methoxy groups -OCH3 is 1. The molecule has 136 valence electrons. The number of ether oxygens (including phenoxy) is 1. The molecule has 0 aliphatic heterocycles. The SMILES string of the molecule is COCc1cnc(C(Nc2ccc(F)c(C)n2)c2ccc(F)c(Cl)c2)[nH]1. The zero-order valence-corrected chi connectivity index (χ0v) is 14.9. The number of imidazole rings is 1. The summed E-state index contributed by atoms with van der Waals surface area (Å²) >= 11 is 5.93. The van der Waals surface area contributed by atoms with Gasteiger partial charge in [-0.3, -0.25) is 0 Å². The monoisotopic (exact) mass is 378 g/mol. The minimum Gasteiger partial charge on any atom is -0.378 e. The third-order valence-electron chi connectivity index (χ3n) is 3.81. The molecular weight excluding hydrogens is 362 g/mol. The molecule has 0 bridgehead atoms. The number of aromatic amines is 1. The lowest BCUT2D eigenvalue weighted by Gasteiger charge is -2.19. The van der Waals surface area contributed by atoms with Gasteiger partial charge in [-0.1, -0.05) is 17.7 Å². The number of hydrogen-bond acceptors (Lipinski definition) is 4. The Morgan fingerprint density at radius 2 is 2.00 bits per heavy atom. The predicted octanol–water partition coefficient (Wildman–Crippen LogP) is 4.39. The first-order valence-corrected chi connectivity index (χ1v) is 8.23. The Labute approximate surface area is 154 Å². The summed E-state index contributed by atoms with van der Waals surface area (Å²) in [5.74, 6) is 0.129. The minimum absolute atomic E-state index is 0.00113. The smallest absolute Gasteiger partial charge is 0.144 e. The molecule has 3 aromatic rings. The van der Waals surface area contributed by atoms with Crippen molar-refractivity contribution in [2.75, 3.05) is 12.4 Å². The quantitative estimate of drug-likeness (QED) is 0.667. The standard InChI is InChI=1S/C18H17ClF2N4O/c1-10-14(20)5-6-16(23-10)25-17(11-3-4-15(21)13(19)7-11)18-22-8-12(24-18)9-26-2/h3-8,17H,9H2,1-2H3,(H,22,24)(H,23,25). The van der Waals surface area contributed by atoms with E-state index in [-0.39, 0.29) is 10.7 Å². The Hall–Kier alpha value is -2.51. The molecule has 2 aromatic heterocycles. The normalized spacial score (nSPS) is 12.2. The molecule has 1 unspecified atom stereocenters. The summed E-state index contributed by atoms with van der Waals surface area (Å²) in [6, 6.07) is 6.78. The molecule has 0 saturated heterocycles. The second kappa shape index (κ2) is 7.80. The third-order valence-corrected chi connectivity index (χ3v) is 4.10.